The van der Waals surface area contributed by atoms with Crippen LogP contribution in [-0.4, -0.2) is 74.6 Å². The van der Waals surface area contributed by atoms with Crippen molar-refractivity contribution in [2.45, 2.75) is 101 Å². The number of piperazine rings is 1. The highest BCUT2D eigenvalue weighted by molar-refractivity contribution is 6.00. The van der Waals surface area contributed by atoms with Crippen LogP contribution >= 0.6 is 0 Å². The molecule has 2 heterocycles. The van der Waals surface area contributed by atoms with E-state index in [-0.39, 0.29) is 17.4 Å². The molecule has 2 aromatic rings. The number of piperidine rings is 1. The lowest BCUT2D eigenvalue weighted by Gasteiger charge is -2.52. The zero-order valence-corrected chi connectivity index (χ0v) is 25.2. The van der Waals surface area contributed by atoms with E-state index in [1.165, 1.54) is 0 Å². The molecule has 1 atom stereocenters. The predicted octanol–water partition coefficient (Wildman–Crippen LogP) is 4.51. The monoisotopic (exact) mass is 591 g/mol. The number of aliphatic hydroxyl groups is 1. The number of aromatic carboxylic acids is 1. The minimum atomic E-state index is -0.952. The summed E-state index contributed by atoms with van der Waals surface area (Å²) in [4.78, 5) is 42.8. The number of carboxylic acid groups (broad SMARTS) is 1. The molecule has 1 spiro atoms. The molecule has 1 saturated carbocycles. The number of nitrogens with zero attached hydrogens (tertiary/aromatic N) is 2. The van der Waals surface area contributed by atoms with E-state index in [4.69, 9.17) is 9.84 Å². The van der Waals surface area contributed by atoms with Crippen molar-refractivity contribution >= 4 is 17.8 Å². The SMILES string of the molecule is CCCCN1C(=O)[C@@H](CC2(O)CCCCC2)NC(=O)C12CCN(Cc1cccc(OCc3ccc(C(=O)O)cc3)c1)CC2. The predicted molar refractivity (Wildman–Crippen MR) is 163 cm³/mol. The zero-order valence-electron chi connectivity index (χ0n) is 25.2. The molecule has 9 nitrogen and oxygen atoms in total. The normalized spacial score (nSPS) is 21.9. The van der Waals surface area contributed by atoms with Crippen LogP contribution in [-0.2, 0) is 22.7 Å². The number of benzene rings is 2. The van der Waals surface area contributed by atoms with E-state index >= 15 is 0 Å². The standard InChI is InChI=1S/C34H45N3O6/c1-2-3-18-37-30(38)29(22-33(42)14-5-4-6-15-33)35-32(41)34(37)16-19-36(20-17-34)23-26-8-7-9-28(21-26)43-24-25-10-12-27(13-11-25)31(39)40/h7-13,21,29,42H,2-6,14-20,22-24H2,1H3,(H,35,41)(H,39,40)/t29-/m1/s1. The first-order valence-electron chi connectivity index (χ1n) is 15.8. The molecule has 2 amide bonds. The van der Waals surface area contributed by atoms with Crippen LogP contribution in [0.4, 0.5) is 0 Å². The molecule has 43 heavy (non-hydrogen) atoms. The zero-order chi connectivity index (χ0) is 30.5. The largest absolute Gasteiger partial charge is 0.489 e. The van der Waals surface area contributed by atoms with Gasteiger partial charge < -0.3 is 25.2 Å². The Bertz CT molecular complexity index is 1280. The maximum Gasteiger partial charge on any atom is 0.335 e. The van der Waals surface area contributed by atoms with Gasteiger partial charge >= 0.3 is 5.97 Å². The number of unbranched alkanes of at least 4 members (excludes halogenated alkanes) is 1. The number of nitrogens with one attached hydrogen (secondary N) is 1. The lowest BCUT2D eigenvalue weighted by atomic mass is 9.77. The number of carbonyl (C=O) groups excluding carboxylic acids is 2. The Morgan fingerprint density at radius 1 is 1.00 bits per heavy atom. The number of likely N-dealkylation sites (tertiary alicyclic amines) is 1. The van der Waals surface area contributed by atoms with Gasteiger partial charge in [0.15, 0.2) is 0 Å². The highest BCUT2D eigenvalue weighted by Gasteiger charge is 2.54. The van der Waals surface area contributed by atoms with Crippen LogP contribution in [0.2, 0.25) is 0 Å². The molecule has 232 valence electrons. The fourth-order valence-corrected chi connectivity index (χ4v) is 6.93. The summed E-state index contributed by atoms with van der Waals surface area (Å²) in [5.74, 6) is -0.324. The molecule has 5 rings (SSSR count). The number of hydrogen-bond acceptors (Lipinski definition) is 6. The second-order valence-corrected chi connectivity index (χ2v) is 12.6. The van der Waals surface area contributed by atoms with E-state index in [9.17, 15) is 19.5 Å². The van der Waals surface area contributed by atoms with Crippen LogP contribution in [0.1, 0.15) is 92.6 Å². The quantitative estimate of drug-likeness (QED) is 0.352. The van der Waals surface area contributed by atoms with Gasteiger partial charge in [-0.05, 0) is 67.5 Å². The first kappa shape index (κ1) is 31.0. The third-order valence-corrected chi connectivity index (χ3v) is 9.51. The minimum absolute atomic E-state index is 0.0389. The summed E-state index contributed by atoms with van der Waals surface area (Å²) < 4.78 is 5.98. The highest BCUT2D eigenvalue weighted by atomic mass is 16.5. The Kier molecular flexibility index (Phi) is 9.72. The number of hydrogen-bond donors (Lipinski definition) is 3. The molecule has 0 aromatic heterocycles. The van der Waals surface area contributed by atoms with Gasteiger partial charge in [0.25, 0.3) is 0 Å². The molecule has 3 fully saturated rings. The Morgan fingerprint density at radius 3 is 2.40 bits per heavy atom. The molecule has 0 unspecified atom stereocenters. The number of rotatable bonds is 11. The van der Waals surface area contributed by atoms with E-state index in [2.05, 4.69) is 23.2 Å². The Hall–Kier alpha value is -3.43. The summed E-state index contributed by atoms with van der Waals surface area (Å²) in [6.07, 6.45) is 7.64. The second-order valence-electron chi connectivity index (χ2n) is 12.6. The van der Waals surface area contributed by atoms with Gasteiger partial charge in [-0.15, -0.1) is 0 Å². The van der Waals surface area contributed by atoms with Gasteiger partial charge in [0.1, 0.15) is 23.9 Å². The average Bonchev–Trinajstić information content (AvgIpc) is 3.00. The molecule has 0 radical (unpaired) electrons. The molecule has 2 aromatic carbocycles. The summed E-state index contributed by atoms with van der Waals surface area (Å²) in [6.45, 7) is 5.10. The van der Waals surface area contributed by atoms with Crippen molar-refractivity contribution in [3.05, 3.63) is 65.2 Å². The van der Waals surface area contributed by atoms with Crippen molar-refractivity contribution in [2.24, 2.45) is 0 Å². The van der Waals surface area contributed by atoms with Crippen LogP contribution in [0.3, 0.4) is 0 Å². The van der Waals surface area contributed by atoms with Crippen LogP contribution in [0, 0.1) is 0 Å². The summed E-state index contributed by atoms with van der Waals surface area (Å²) in [7, 11) is 0. The molecular weight excluding hydrogens is 546 g/mol. The van der Waals surface area contributed by atoms with E-state index in [0.29, 0.717) is 64.9 Å². The van der Waals surface area contributed by atoms with E-state index in [1.807, 2.05) is 23.1 Å². The summed E-state index contributed by atoms with van der Waals surface area (Å²) >= 11 is 0. The summed E-state index contributed by atoms with van der Waals surface area (Å²) in [5.41, 5.74) is 0.521. The topological polar surface area (TPSA) is 119 Å². The van der Waals surface area contributed by atoms with Crippen molar-refractivity contribution in [3.8, 4) is 5.75 Å². The van der Waals surface area contributed by atoms with Crippen LogP contribution in [0.25, 0.3) is 0 Å². The third-order valence-electron chi connectivity index (χ3n) is 9.51. The lowest BCUT2D eigenvalue weighted by Crippen LogP contribution is -2.73. The number of ether oxygens (including phenoxy) is 1. The van der Waals surface area contributed by atoms with Crippen molar-refractivity contribution in [3.63, 3.8) is 0 Å². The van der Waals surface area contributed by atoms with Crippen molar-refractivity contribution < 1.29 is 29.3 Å². The number of carbonyl (C=O) groups is 3. The van der Waals surface area contributed by atoms with Gasteiger partial charge in [0.2, 0.25) is 11.8 Å². The number of carboxylic acids is 1. The van der Waals surface area contributed by atoms with Gasteiger partial charge in [0.05, 0.1) is 11.2 Å². The molecule has 2 saturated heterocycles. The molecular formula is C34H45N3O6. The molecule has 0 bridgehead atoms. The Labute approximate surface area is 254 Å². The molecule has 1 aliphatic carbocycles. The van der Waals surface area contributed by atoms with Gasteiger partial charge in [-0.25, -0.2) is 4.79 Å². The number of amides is 2. The maximum atomic E-state index is 13.8. The smallest absolute Gasteiger partial charge is 0.335 e. The van der Waals surface area contributed by atoms with Crippen molar-refractivity contribution in [1.29, 1.82) is 0 Å². The average molecular weight is 592 g/mol. The second kappa shape index (κ2) is 13.5. The minimum Gasteiger partial charge on any atom is -0.489 e. The first-order chi connectivity index (χ1) is 20.7. The molecule has 2 aliphatic heterocycles. The lowest BCUT2D eigenvalue weighted by molar-refractivity contribution is -0.163. The van der Waals surface area contributed by atoms with E-state index < -0.39 is 23.2 Å². The van der Waals surface area contributed by atoms with E-state index in [1.54, 1.807) is 24.3 Å². The highest BCUT2D eigenvalue weighted by Crippen LogP contribution is 2.37. The van der Waals surface area contributed by atoms with Crippen LogP contribution < -0.4 is 10.1 Å². The summed E-state index contributed by atoms with van der Waals surface area (Å²) in [6, 6.07) is 13.9. The van der Waals surface area contributed by atoms with Gasteiger partial charge in [-0.3, -0.25) is 14.5 Å². The van der Waals surface area contributed by atoms with Gasteiger partial charge in [-0.2, -0.15) is 0 Å². The molecule has 3 aliphatic rings. The van der Waals surface area contributed by atoms with Crippen LogP contribution in [0.15, 0.2) is 48.5 Å². The Morgan fingerprint density at radius 2 is 1.72 bits per heavy atom. The Balaban J connectivity index is 1.20. The fourth-order valence-electron chi connectivity index (χ4n) is 6.93. The van der Waals surface area contributed by atoms with Crippen molar-refractivity contribution in [2.75, 3.05) is 19.6 Å². The van der Waals surface area contributed by atoms with Crippen LogP contribution in [0.5, 0.6) is 5.75 Å². The summed E-state index contributed by atoms with van der Waals surface area (Å²) in [5, 5.41) is 23.3. The molecule has 9 heteroatoms. The van der Waals surface area contributed by atoms with Crippen molar-refractivity contribution in [1.82, 2.24) is 15.1 Å². The van der Waals surface area contributed by atoms with Gasteiger partial charge in [-0.1, -0.05) is 56.9 Å². The maximum absolute atomic E-state index is 13.8. The fraction of sp³-hybridized carbons (Fsp3) is 0.559. The third kappa shape index (κ3) is 7.21. The van der Waals surface area contributed by atoms with E-state index in [0.717, 1.165) is 49.0 Å². The van der Waals surface area contributed by atoms with Gasteiger partial charge in [0, 0.05) is 32.6 Å². The molecule has 3 N–H and O–H groups in total. The first-order valence-corrected chi connectivity index (χ1v) is 15.8.